The summed E-state index contributed by atoms with van der Waals surface area (Å²) in [5, 5.41) is 20.3. The van der Waals surface area contributed by atoms with Crippen molar-refractivity contribution < 1.29 is 5.11 Å². The minimum absolute atomic E-state index is 0.219. The van der Waals surface area contributed by atoms with E-state index >= 15 is 0 Å². The number of aromatic hydroxyl groups is 1. The number of nitrogens with zero attached hydrogens (tertiary/aromatic N) is 2. The van der Waals surface area contributed by atoms with Crippen LogP contribution >= 0.6 is 0 Å². The Hall–Kier alpha value is -3.46. The van der Waals surface area contributed by atoms with Gasteiger partial charge in [0.05, 0.1) is 11.4 Å². The Kier molecular flexibility index (Phi) is 3.97. The molecule has 0 aromatic heterocycles. The number of hydrogen-bond donors (Lipinski definition) is 1. The zero-order chi connectivity index (χ0) is 17.1. The van der Waals surface area contributed by atoms with Gasteiger partial charge < -0.3 is 5.11 Å². The molecule has 120 valence electrons. The SMILES string of the molecule is Oc1ccc(N=Nc2ccc(-c3ccccc3)c3ccccc23)cc1. The van der Waals surface area contributed by atoms with E-state index in [0.29, 0.717) is 5.69 Å². The van der Waals surface area contributed by atoms with E-state index in [2.05, 4.69) is 40.6 Å². The van der Waals surface area contributed by atoms with Gasteiger partial charge in [0.2, 0.25) is 0 Å². The molecule has 3 nitrogen and oxygen atoms in total. The Morgan fingerprint density at radius 1 is 0.560 bits per heavy atom. The molecular formula is C22H16N2O. The minimum atomic E-state index is 0.219. The Bertz CT molecular complexity index is 1040. The first-order chi connectivity index (χ1) is 12.3. The highest BCUT2D eigenvalue weighted by Gasteiger charge is 2.07. The van der Waals surface area contributed by atoms with E-state index in [1.54, 1.807) is 24.3 Å². The van der Waals surface area contributed by atoms with Crippen molar-refractivity contribution in [1.82, 2.24) is 0 Å². The normalized spacial score (nSPS) is 11.2. The molecule has 4 aromatic carbocycles. The van der Waals surface area contributed by atoms with Crippen LogP contribution in [0.3, 0.4) is 0 Å². The molecule has 1 N–H and O–H groups in total. The fourth-order valence-electron chi connectivity index (χ4n) is 2.87. The standard InChI is InChI=1S/C22H16N2O/c25-18-12-10-17(11-13-18)23-24-22-15-14-19(16-6-2-1-3-7-16)20-8-4-5-9-21(20)22/h1-15,25H. The average Bonchev–Trinajstić information content (AvgIpc) is 2.68. The van der Waals surface area contributed by atoms with Gasteiger partial charge in [0.1, 0.15) is 5.75 Å². The molecule has 0 saturated heterocycles. The molecule has 0 amide bonds. The average molecular weight is 324 g/mol. The predicted octanol–water partition coefficient (Wildman–Crippen LogP) is 6.63. The molecule has 0 saturated carbocycles. The number of phenolic OH excluding ortho intramolecular Hbond substituents is 1. The smallest absolute Gasteiger partial charge is 0.115 e. The molecule has 0 heterocycles. The first-order valence-corrected chi connectivity index (χ1v) is 8.09. The number of azo groups is 1. The summed E-state index contributed by atoms with van der Waals surface area (Å²) in [6.45, 7) is 0. The van der Waals surface area contributed by atoms with Crippen molar-refractivity contribution in [2.24, 2.45) is 10.2 Å². The number of rotatable bonds is 3. The maximum atomic E-state index is 9.35. The third-order valence-corrected chi connectivity index (χ3v) is 4.11. The molecule has 0 aliphatic heterocycles. The van der Waals surface area contributed by atoms with Gasteiger partial charge in [0, 0.05) is 5.39 Å². The van der Waals surface area contributed by atoms with Crippen molar-refractivity contribution in [3.05, 3.63) is 91.0 Å². The second kappa shape index (κ2) is 6.57. The monoisotopic (exact) mass is 324 g/mol. The molecule has 0 radical (unpaired) electrons. The maximum Gasteiger partial charge on any atom is 0.115 e. The topological polar surface area (TPSA) is 45.0 Å². The van der Waals surface area contributed by atoms with Gasteiger partial charge in [-0.1, -0.05) is 60.7 Å². The second-order valence-corrected chi connectivity index (χ2v) is 5.76. The maximum absolute atomic E-state index is 9.35. The molecule has 3 heteroatoms. The summed E-state index contributed by atoms with van der Waals surface area (Å²) in [5.74, 6) is 0.219. The zero-order valence-corrected chi connectivity index (χ0v) is 13.5. The van der Waals surface area contributed by atoms with Gasteiger partial charge in [-0.05, 0) is 46.8 Å². The largest absolute Gasteiger partial charge is 0.508 e. The second-order valence-electron chi connectivity index (χ2n) is 5.76. The van der Waals surface area contributed by atoms with Crippen molar-refractivity contribution in [1.29, 1.82) is 0 Å². The van der Waals surface area contributed by atoms with E-state index in [1.807, 2.05) is 36.4 Å². The van der Waals surface area contributed by atoms with Gasteiger partial charge in [-0.15, -0.1) is 5.11 Å². The van der Waals surface area contributed by atoms with Gasteiger partial charge in [0.25, 0.3) is 0 Å². The van der Waals surface area contributed by atoms with E-state index in [0.717, 1.165) is 16.5 Å². The van der Waals surface area contributed by atoms with E-state index in [-0.39, 0.29) is 5.75 Å². The molecule has 4 rings (SSSR count). The molecule has 0 atom stereocenters. The van der Waals surface area contributed by atoms with Crippen LogP contribution in [0.1, 0.15) is 0 Å². The summed E-state index contributed by atoms with van der Waals surface area (Å²) in [6.07, 6.45) is 0. The van der Waals surface area contributed by atoms with Crippen LogP contribution in [-0.4, -0.2) is 5.11 Å². The van der Waals surface area contributed by atoms with Crippen LogP contribution in [-0.2, 0) is 0 Å². The summed E-state index contributed by atoms with van der Waals surface area (Å²) >= 11 is 0. The van der Waals surface area contributed by atoms with Gasteiger partial charge in [0.15, 0.2) is 0 Å². The van der Waals surface area contributed by atoms with E-state index in [9.17, 15) is 5.11 Å². The fraction of sp³-hybridized carbons (Fsp3) is 0. The fourth-order valence-corrected chi connectivity index (χ4v) is 2.87. The summed E-state index contributed by atoms with van der Waals surface area (Å²) in [6, 6.07) is 29.3. The first kappa shape index (κ1) is 15.1. The lowest BCUT2D eigenvalue weighted by Crippen LogP contribution is -1.81. The van der Waals surface area contributed by atoms with Crippen LogP contribution in [0.25, 0.3) is 21.9 Å². The lowest BCUT2D eigenvalue weighted by atomic mass is 9.97. The molecule has 0 fully saturated rings. The Labute approximate surface area is 145 Å². The zero-order valence-electron chi connectivity index (χ0n) is 13.5. The van der Waals surface area contributed by atoms with Crippen molar-refractivity contribution >= 4 is 22.1 Å². The Balaban J connectivity index is 1.80. The van der Waals surface area contributed by atoms with E-state index in [1.165, 1.54) is 11.1 Å². The van der Waals surface area contributed by atoms with Crippen LogP contribution in [0, 0.1) is 0 Å². The molecular weight excluding hydrogens is 308 g/mol. The van der Waals surface area contributed by atoms with Crippen molar-refractivity contribution in [3.8, 4) is 16.9 Å². The van der Waals surface area contributed by atoms with Crippen molar-refractivity contribution in [3.63, 3.8) is 0 Å². The van der Waals surface area contributed by atoms with Crippen LogP contribution in [0.4, 0.5) is 11.4 Å². The molecule has 0 aliphatic rings. The highest BCUT2D eigenvalue weighted by molar-refractivity contribution is 6.02. The van der Waals surface area contributed by atoms with Gasteiger partial charge in [-0.2, -0.15) is 5.11 Å². The van der Waals surface area contributed by atoms with Gasteiger partial charge in [-0.25, -0.2) is 0 Å². The molecule has 0 spiro atoms. The van der Waals surface area contributed by atoms with Crippen molar-refractivity contribution in [2.75, 3.05) is 0 Å². The molecule has 0 bridgehead atoms. The predicted molar refractivity (Wildman–Crippen MR) is 102 cm³/mol. The quantitative estimate of drug-likeness (QED) is 0.422. The van der Waals surface area contributed by atoms with E-state index < -0.39 is 0 Å². The number of fused-ring (bicyclic) bond motifs is 1. The summed E-state index contributed by atoms with van der Waals surface area (Å²) in [5.41, 5.74) is 3.89. The lowest BCUT2D eigenvalue weighted by molar-refractivity contribution is 0.475. The van der Waals surface area contributed by atoms with E-state index in [4.69, 9.17) is 0 Å². The minimum Gasteiger partial charge on any atom is -0.508 e. The van der Waals surface area contributed by atoms with Crippen LogP contribution < -0.4 is 0 Å². The number of phenols is 1. The Morgan fingerprint density at radius 3 is 2.00 bits per heavy atom. The third-order valence-electron chi connectivity index (χ3n) is 4.11. The van der Waals surface area contributed by atoms with Gasteiger partial charge >= 0.3 is 0 Å². The van der Waals surface area contributed by atoms with Crippen LogP contribution in [0.2, 0.25) is 0 Å². The van der Waals surface area contributed by atoms with Crippen LogP contribution in [0.5, 0.6) is 5.75 Å². The Morgan fingerprint density at radius 2 is 1.24 bits per heavy atom. The van der Waals surface area contributed by atoms with Crippen LogP contribution in [0.15, 0.2) is 101 Å². The molecule has 25 heavy (non-hydrogen) atoms. The first-order valence-electron chi connectivity index (χ1n) is 8.09. The molecule has 0 unspecified atom stereocenters. The third kappa shape index (κ3) is 3.12. The highest BCUT2D eigenvalue weighted by atomic mass is 16.3. The van der Waals surface area contributed by atoms with Crippen molar-refractivity contribution in [2.45, 2.75) is 0 Å². The van der Waals surface area contributed by atoms with Gasteiger partial charge in [-0.3, -0.25) is 0 Å². The number of benzene rings is 4. The number of hydrogen-bond acceptors (Lipinski definition) is 3. The summed E-state index contributed by atoms with van der Waals surface area (Å²) in [4.78, 5) is 0. The summed E-state index contributed by atoms with van der Waals surface area (Å²) in [7, 11) is 0. The highest BCUT2D eigenvalue weighted by Crippen LogP contribution is 2.35. The molecule has 4 aromatic rings. The molecule has 0 aliphatic carbocycles. The summed E-state index contributed by atoms with van der Waals surface area (Å²) < 4.78 is 0. The lowest BCUT2D eigenvalue weighted by Gasteiger charge is -2.08.